The topological polar surface area (TPSA) is 227 Å². The molecule has 2 rings (SSSR count). The van der Waals surface area contributed by atoms with Crippen LogP contribution < -0.4 is 9.47 Å². The highest BCUT2D eigenvalue weighted by Gasteiger charge is 2.44. The fourth-order valence-corrected chi connectivity index (χ4v) is 3.16. The van der Waals surface area contributed by atoms with Crippen molar-refractivity contribution in [1.82, 2.24) is 0 Å². The van der Waals surface area contributed by atoms with Gasteiger partial charge in [-0.05, 0) is 47.5 Å². The number of hydrogen-bond donors (Lipinski definition) is 6. The zero-order valence-corrected chi connectivity index (χ0v) is 21.0. The molecule has 0 aliphatic carbocycles. The van der Waals surface area contributed by atoms with Gasteiger partial charge in [-0.3, -0.25) is 0 Å². The number of hydrogen-bond acceptors (Lipinski definition) is 12. The molecule has 2 aromatic rings. The molecular weight excluding hydrogens is 536 g/mol. The van der Waals surface area contributed by atoms with E-state index in [9.17, 15) is 49.8 Å². The van der Waals surface area contributed by atoms with Gasteiger partial charge in [-0.15, -0.1) is 0 Å². The van der Waals surface area contributed by atoms with E-state index in [0.717, 1.165) is 12.2 Å². The van der Waals surface area contributed by atoms with Crippen molar-refractivity contribution in [2.75, 3.05) is 14.2 Å². The van der Waals surface area contributed by atoms with Gasteiger partial charge in [0.25, 0.3) is 0 Å². The molecule has 14 nitrogen and oxygen atoms in total. The standard InChI is InChI=1S/C26H26O14/c1-37-17-11-13(3-7-15(17)27)5-9-19(29)39-23(22(32)25(33)34)21(31)24(26(35)36)40-20(30)10-6-14-4-8-16(28)18(12-14)38-2/h3-12,21-24,27-28,31-32H,1-2H3,(H,33,34)(H,35,36)/b9-5+,10-6+. The Kier molecular flexibility index (Phi) is 11.0. The maximum atomic E-state index is 12.3. The number of benzene rings is 2. The first-order chi connectivity index (χ1) is 18.9. The van der Waals surface area contributed by atoms with E-state index < -0.39 is 48.3 Å². The highest BCUT2D eigenvalue weighted by Crippen LogP contribution is 2.27. The minimum atomic E-state index is -2.61. The molecule has 6 N–H and O–H groups in total. The summed E-state index contributed by atoms with van der Waals surface area (Å²) in [6.07, 6.45) is -6.11. The quantitative estimate of drug-likeness (QED) is 0.145. The summed E-state index contributed by atoms with van der Waals surface area (Å²) in [5, 5.41) is 58.4. The van der Waals surface area contributed by atoms with Crippen molar-refractivity contribution in [3.8, 4) is 23.0 Å². The van der Waals surface area contributed by atoms with Crippen LogP contribution in [0.25, 0.3) is 12.2 Å². The number of carboxylic acids is 2. The smallest absolute Gasteiger partial charge is 0.347 e. The number of carbonyl (C=O) groups excluding carboxylic acids is 2. The minimum Gasteiger partial charge on any atom is -0.504 e. The third-order valence-corrected chi connectivity index (χ3v) is 5.18. The number of esters is 2. The lowest BCUT2D eigenvalue weighted by molar-refractivity contribution is -0.190. The van der Waals surface area contributed by atoms with Crippen molar-refractivity contribution < 1.29 is 68.8 Å². The molecule has 0 bridgehead atoms. The summed E-state index contributed by atoms with van der Waals surface area (Å²) in [7, 11) is 2.59. The minimum absolute atomic E-state index is 0.0785. The molecule has 2 aromatic carbocycles. The van der Waals surface area contributed by atoms with Gasteiger partial charge in [-0.2, -0.15) is 0 Å². The first-order valence-corrected chi connectivity index (χ1v) is 11.2. The zero-order chi connectivity index (χ0) is 30.0. The lowest BCUT2D eigenvalue weighted by atomic mass is 10.0. The number of rotatable bonds is 13. The fourth-order valence-electron chi connectivity index (χ4n) is 3.16. The van der Waals surface area contributed by atoms with Crippen LogP contribution in [0.1, 0.15) is 11.1 Å². The van der Waals surface area contributed by atoms with E-state index in [1.54, 1.807) is 0 Å². The van der Waals surface area contributed by atoms with Gasteiger partial charge in [0, 0.05) is 12.2 Å². The first-order valence-electron chi connectivity index (χ1n) is 11.2. The summed E-state index contributed by atoms with van der Waals surface area (Å²) in [6.45, 7) is 0. The second-order valence-corrected chi connectivity index (χ2v) is 7.90. The Hall–Kier alpha value is -5.08. The molecule has 0 aliphatic heterocycles. The molecule has 0 fully saturated rings. The molecule has 0 amide bonds. The molecule has 0 saturated carbocycles. The molecule has 40 heavy (non-hydrogen) atoms. The summed E-state index contributed by atoms with van der Waals surface area (Å²) < 4.78 is 19.4. The number of ether oxygens (including phenoxy) is 4. The third kappa shape index (κ3) is 8.47. The van der Waals surface area contributed by atoms with Crippen LogP contribution >= 0.6 is 0 Å². The average molecular weight is 562 g/mol. The monoisotopic (exact) mass is 562 g/mol. The van der Waals surface area contributed by atoms with Crippen molar-refractivity contribution in [2.45, 2.75) is 24.4 Å². The third-order valence-electron chi connectivity index (χ3n) is 5.18. The second-order valence-electron chi connectivity index (χ2n) is 7.90. The van der Waals surface area contributed by atoms with Gasteiger partial charge >= 0.3 is 23.9 Å². The Morgan fingerprint density at radius 1 is 0.725 bits per heavy atom. The molecule has 14 heteroatoms. The Labute approximate surface area is 226 Å². The number of aliphatic hydroxyl groups excluding tert-OH is 2. The van der Waals surface area contributed by atoms with Gasteiger partial charge in [-0.25, -0.2) is 19.2 Å². The Morgan fingerprint density at radius 3 is 1.57 bits per heavy atom. The first kappa shape index (κ1) is 31.1. The van der Waals surface area contributed by atoms with E-state index in [4.69, 9.17) is 18.9 Å². The summed E-state index contributed by atoms with van der Waals surface area (Å²) in [4.78, 5) is 47.7. The highest BCUT2D eigenvalue weighted by atomic mass is 16.6. The Bertz CT molecular complexity index is 1300. The van der Waals surface area contributed by atoms with Crippen molar-refractivity contribution in [3.63, 3.8) is 0 Å². The Balaban J connectivity index is 2.21. The molecule has 4 atom stereocenters. The molecule has 0 spiro atoms. The van der Waals surface area contributed by atoms with Crippen LogP contribution in [0.2, 0.25) is 0 Å². The molecule has 0 aliphatic rings. The van der Waals surface area contributed by atoms with E-state index in [1.165, 1.54) is 62.8 Å². The van der Waals surface area contributed by atoms with Gasteiger partial charge in [0.2, 0.25) is 6.10 Å². The maximum Gasteiger partial charge on any atom is 0.347 e. The van der Waals surface area contributed by atoms with Crippen LogP contribution in [0.3, 0.4) is 0 Å². The van der Waals surface area contributed by atoms with E-state index in [0.29, 0.717) is 11.1 Å². The summed E-state index contributed by atoms with van der Waals surface area (Å²) >= 11 is 0. The van der Waals surface area contributed by atoms with E-state index in [-0.39, 0.29) is 23.0 Å². The summed E-state index contributed by atoms with van der Waals surface area (Å²) in [5.74, 6) is -6.70. The SMILES string of the molecule is COc1cc(/C=C/C(=O)OC(C(=O)O)C(O)C(OC(=O)/C=C/c2ccc(O)c(OC)c2)C(O)C(=O)O)ccc1O. The van der Waals surface area contributed by atoms with Crippen LogP contribution in [-0.4, -0.2) is 93.2 Å². The van der Waals surface area contributed by atoms with Crippen LogP contribution in [0.15, 0.2) is 48.6 Å². The number of aliphatic hydroxyl groups is 2. The molecule has 0 saturated heterocycles. The molecule has 0 heterocycles. The maximum absolute atomic E-state index is 12.3. The summed E-state index contributed by atoms with van der Waals surface area (Å²) in [5.41, 5.74) is 0.669. The Morgan fingerprint density at radius 2 is 1.18 bits per heavy atom. The molecule has 214 valence electrons. The normalized spacial score (nSPS) is 14.2. The number of aromatic hydroxyl groups is 2. The predicted octanol–water partition coefficient (Wildman–Crippen LogP) is 0.556. The number of phenols is 2. The largest absolute Gasteiger partial charge is 0.504 e. The number of methoxy groups -OCH3 is 2. The van der Waals surface area contributed by atoms with Crippen molar-refractivity contribution in [2.24, 2.45) is 0 Å². The van der Waals surface area contributed by atoms with E-state index >= 15 is 0 Å². The number of phenolic OH excluding ortho intramolecular Hbond substituents is 2. The lowest BCUT2D eigenvalue weighted by Gasteiger charge is -2.28. The van der Waals surface area contributed by atoms with Gasteiger partial charge in [0.1, 0.15) is 6.10 Å². The predicted molar refractivity (Wildman–Crippen MR) is 134 cm³/mol. The molecule has 0 aromatic heterocycles. The fraction of sp³-hybridized carbons (Fsp3) is 0.231. The van der Waals surface area contributed by atoms with Crippen LogP contribution in [0.5, 0.6) is 23.0 Å². The van der Waals surface area contributed by atoms with Gasteiger partial charge < -0.3 is 49.6 Å². The van der Waals surface area contributed by atoms with Crippen molar-refractivity contribution in [3.05, 3.63) is 59.7 Å². The van der Waals surface area contributed by atoms with Gasteiger partial charge in [-0.1, -0.05) is 12.1 Å². The van der Waals surface area contributed by atoms with Crippen LogP contribution in [-0.2, 0) is 28.7 Å². The number of carbonyl (C=O) groups is 4. The van der Waals surface area contributed by atoms with E-state index in [2.05, 4.69) is 0 Å². The molecular formula is C26H26O14. The van der Waals surface area contributed by atoms with Crippen molar-refractivity contribution >= 4 is 36.0 Å². The van der Waals surface area contributed by atoms with Crippen molar-refractivity contribution in [1.29, 1.82) is 0 Å². The van der Waals surface area contributed by atoms with Crippen LogP contribution in [0, 0.1) is 0 Å². The second kappa shape index (κ2) is 14.2. The van der Waals surface area contributed by atoms with Gasteiger partial charge in [0.05, 0.1) is 14.2 Å². The average Bonchev–Trinajstić information content (AvgIpc) is 2.92. The van der Waals surface area contributed by atoms with E-state index in [1.807, 2.05) is 0 Å². The summed E-state index contributed by atoms with van der Waals surface area (Å²) in [6, 6.07) is 8.02. The molecule has 0 radical (unpaired) electrons. The number of carboxylic acid groups (broad SMARTS) is 2. The van der Waals surface area contributed by atoms with Crippen LogP contribution in [0.4, 0.5) is 0 Å². The van der Waals surface area contributed by atoms with Gasteiger partial charge in [0.15, 0.2) is 35.2 Å². The number of aliphatic carboxylic acids is 2. The highest BCUT2D eigenvalue weighted by molar-refractivity contribution is 5.90. The zero-order valence-electron chi connectivity index (χ0n) is 21.0. The lowest BCUT2D eigenvalue weighted by Crippen LogP contribution is -2.53. The molecule has 4 unspecified atom stereocenters.